The molecule has 0 unspecified atom stereocenters. The highest BCUT2D eigenvalue weighted by atomic mass is 16.3. The number of fused-ring (bicyclic) bond motifs is 1. The van der Waals surface area contributed by atoms with E-state index < -0.39 is 5.72 Å². The number of aromatic nitrogens is 2. The number of hydrogen-bond acceptors (Lipinski definition) is 3. The van der Waals surface area contributed by atoms with E-state index in [9.17, 15) is 5.11 Å². The second kappa shape index (κ2) is 11.0. The Morgan fingerprint density at radius 1 is 0.750 bits per heavy atom. The monoisotopic (exact) mass is 478 g/mol. The van der Waals surface area contributed by atoms with Gasteiger partial charge in [-0.15, -0.1) is 0 Å². The van der Waals surface area contributed by atoms with E-state index in [-0.39, 0.29) is 0 Å². The summed E-state index contributed by atoms with van der Waals surface area (Å²) in [6.45, 7) is 3.52. The molecule has 1 aliphatic heterocycles. The first kappa shape index (κ1) is 24.2. The largest absolute Gasteiger partial charge is 0.396 e. The van der Waals surface area contributed by atoms with E-state index in [4.69, 9.17) is 0 Å². The van der Waals surface area contributed by atoms with Gasteiger partial charge in [0.1, 0.15) is 12.7 Å². The fourth-order valence-electron chi connectivity index (χ4n) is 5.23. The number of unbranched alkanes of at least 4 members (excludes halogenated alkanes) is 5. The van der Waals surface area contributed by atoms with Crippen molar-refractivity contribution < 1.29 is 9.67 Å². The molecule has 5 rings (SSSR count). The zero-order chi connectivity index (χ0) is 24.8. The average molecular weight is 479 g/mol. The van der Waals surface area contributed by atoms with E-state index in [1.807, 2.05) is 24.5 Å². The normalized spacial score (nSPS) is 16.8. The molecule has 4 heteroatoms. The number of aliphatic hydroxyl groups is 1. The second-order valence-corrected chi connectivity index (χ2v) is 9.80. The van der Waals surface area contributed by atoms with Crippen molar-refractivity contribution in [3.63, 3.8) is 0 Å². The van der Waals surface area contributed by atoms with Crippen LogP contribution in [0, 0.1) is 0 Å². The zero-order valence-electron chi connectivity index (χ0n) is 21.2. The molecule has 36 heavy (non-hydrogen) atoms. The Bertz CT molecular complexity index is 1250. The minimum absolute atomic E-state index is 0.483. The van der Waals surface area contributed by atoms with Crippen molar-refractivity contribution >= 4 is 5.95 Å². The number of benzene rings is 3. The summed E-state index contributed by atoms with van der Waals surface area (Å²) in [5.74, 6) is 0.842. The van der Waals surface area contributed by atoms with Crippen molar-refractivity contribution in [2.75, 3.05) is 11.4 Å². The van der Waals surface area contributed by atoms with Gasteiger partial charge in [-0.2, -0.15) is 0 Å². The zero-order valence-corrected chi connectivity index (χ0v) is 21.2. The van der Waals surface area contributed by atoms with Crippen molar-refractivity contribution in [3.8, 4) is 22.3 Å². The van der Waals surface area contributed by atoms with Gasteiger partial charge in [0.2, 0.25) is 5.72 Å². The SMILES string of the molecule is CCCCCCCCN1c2nccc[n+]2C[C@@]1(O)c1ccc(-c2ccc(-c3ccccc3)cc2)cc1. The van der Waals surface area contributed by atoms with E-state index >= 15 is 0 Å². The summed E-state index contributed by atoms with van der Waals surface area (Å²) in [7, 11) is 0. The fraction of sp³-hybridized carbons (Fsp3) is 0.312. The third-order valence-electron chi connectivity index (χ3n) is 7.29. The van der Waals surface area contributed by atoms with Crippen molar-refractivity contribution in [2.24, 2.45) is 0 Å². The third-order valence-corrected chi connectivity index (χ3v) is 7.29. The summed E-state index contributed by atoms with van der Waals surface area (Å²) in [6, 6.07) is 29.4. The summed E-state index contributed by atoms with van der Waals surface area (Å²) in [6.07, 6.45) is 11.2. The summed E-state index contributed by atoms with van der Waals surface area (Å²) in [5, 5.41) is 12.0. The lowest BCUT2D eigenvalue weighted by Gasteiger charge is -2.28. The molecule has 3 aromatic carbocycles. The van der Waals surface area contributed by atoms with Crippen LogP contribution in [0.25, 0.3) is 22.3 Å². The molecule has 0 saturated heterocycles. The second-order valence-electron chi connectivity index (χ2n) is 9.80. The number of anilines is 1. The molecular weight excluding hydrogens is 442 g/mol. The number of hydrogen-bond donors (Lipinski definition) is 1. The highest BCUT2D eigenvalue weighted by molar-refractivity contribution is 5.70. The van der Waals surface area contributed by atoms with Gasteiger partial charge in [0, 0.05) is 11.6 Å². The fourth-order valence-corrected chi connectivity index (χ4v) is 5.23. The van der Waals surface area contributed by atoms with Crippen LogP contribution in [-0.2, 0) is 12.3 Å². The average Bonchev–Trinajstić information content (AvgIpc) is 3.23. The van der Waals surface area contributed by atoms with E-state index in [1.165, 1.54) is 48.8 Å². The van der Waals surface area contributed by atoms with Crippen LogP contribution in [-0.4, -0.2) is 16.6 Å². The van der Waals surface area contributed by atoms with Gasteiger partial charge in [-0.3, -0.25) is 0 Å². The molecule has 0 radical (unpaired) electrons. The van der Waals surface area contributed by atoms with E-state index in [1.54, 1.807) is 0 Å². The molecule has 1 aromatic heterocycles. The van der Waals surface area contributed by atoms with Crippen LogP contribution in [0.1, 0.15) is 51.0 Å². The maximum absolute atomic E-state index is 12.0. The molecule has 1 N–H and O–H groups in total. The highest BCUT2D eigenvalue weighted by Gasteiger charge is 2.51. The Kier molecular flexibility index (Phi) is 7.43. The first-order valence-electron chi connectivity index (χ1n) is 13.3. The van der Waals surface area contributed by atoms with Gasteiger partial charge < -0.3 is 5.11 Å². The van der Waals surface area contributed by atoms with Crippen molar-refractivity contribution in [3.05, 3.63) is 103 Å². The summed E-state index contributed by atoms with van der Waals surface area (Å²) >= 11 is 0. The van der Waals surface area contributed by atoms with Crippen molar-refractivity contribution in [1.29, 1.82) is 0 Å². The predicted molar refractivity (Wildman–Crippen MR) is 146 cm³/mol. The highest BCUT2D eigenvalue weighted by Crippen LogP contribution is 2.35. The summed E-state index contributed by atoms with van der Waals surface area (Å²) in [4.78, 5) is 6.71. The van der Waals surface area contributed by atoms with Crippen LogP contribution in [0.4, 0.5) is 5.95 Å². The minimum atomic E-state index is -1.10. The lowest BCUT2D eigenvalue weighted by atomic mass is 9.96. The molecule has 1 atom stereocenters. The van der Waals surface area contributed by atoms with Crippen molar-refractivity contribution in [2.45, 2.75) is 57.7 Å². The number of nitrogens with zero attached hydrogens (tertiary/aromatic N) is 3. The standard InChI is InChI=1S/C32H36N3O/c1-2-3-4-5-6-10-24-35-31-33-22-11-23-34(31)25-32(35,36)30-20-18-29(19-21-30)28-16-14-27(15-17-28)26-12-8-7-9-13-26/h7-9,11-23,36H,2-6,10,24-25H2,1H3/q+1/t32-/m1/s1. The Hall–Kier alpha value is -3.50. The first-order valence-corrected chi connectivity index (χ1v) is 13.3. The molecule has 1 aliphatic rings. The smallest absolute Gasteiger partial charge is 0.353 e. The van der Waals surface area contributed by atoms with Gasteiger partial charge in [0.15, 0.2) is 0 Å². The van der Waals surface area contributed by atoms with Crippen LogP contribution in [0.3, 0.4) is 0 Å². The molecular formula is C32H36N3O+. The predicted octanol–water partition coefficient (Wildman–Crippen LogP) is 6.73. The van der Waals surface area contributed by atoms with Gasteiger partial charge in [0.25, 0.3) is 0 Å². The maximum atomic E-state index is 12.0. The van der Waals surface area contributed by atoms with Crippen molar-refractivity contribution in [1.82, 2.24) is 4.98 Å². The first-order chi connectivity index (χ1) is 17.7. The number of rotatable bonds is 10. The minimum Gasteiger partial charge on any atom is -0.353 e. The quantitative estimate of drug-likeness (QED) is 0.203. The van der Waals surface area contributed by atoms with Gasteiger partial charge >= 0.3 is 5.95 Å². The van der Waals surface area contributed by atoms with Crippen LogP contribution in [0.15, 0.2) is 97.3 Å². The molecule has 184 valence electrons. The molecule has 4 nitrogen and oxygen atoms in total. The van der Waals surface area contributed by atoms with Gasteiger partial charge in [-0.05, 0) is 28.7 Å². The topological polar surface area (TPSA) is 40.2 Å². The molecule has 2 heterocycles. The van der Waals surface area contributed by atoms with E-state index in [2.05, 4.69) is 94.2 Å². The molecule has 0 fully saturated rings. The van der Waals surface area contributed by atoms with Gasteiger partial charge in [0.05, 0.1) is 12.7 Å². The molecule has 0 spiro atoms. The summed E-state index contributed by atoms with van der Waals surface area (Å²) in [5.41, 5.74) is 4.56. The van der Waals surface area contributed by atoms with Crippen LogP contribution >= 0.6 is 0 Å². The van der Waals surface area contributed by atoms with Crippen LogP contribution in [0.2, 0.25) is 0 Å². The Balaban J connectivity index is 1.33. The van der Waals surface area contributed by atoms with E-state index in [0.29, 0.717) is 6.54 Å². The lowest BCUT2D eigenvalue weighted by molar-refractivity contribution is -0.685. The van der Waals surface area contributed by atoms with Gasteiger partial charge in [-0.1, -0.05) is 123 Å². The molecule has 0 bridgehead atoms. The Morgan fingerprint density at radius 3 is 2.00 bits per heavy atom. The molecule has 0 amide bonds. The van der Waals surface area contributed by atoms with Crippen LogP contribution < -0.4 is 9.47 Å². The summed E-state index contributed by atoms with van der Waals surface area (Å²) < 4.78 is 2.06. The lowest BCUT2D eigenvalue weighted by Crippen LogP contribution is -2.46. The molecule has 4 aromatic rings. The molecule has 0 saturated carbocycles. The Labute approximate surface area is 214 Å². The van der Waals surface area contributed by atoms with Gasteiger partial charge in [-0.25, -0.2) is 9.47 Å². The third kappa shape index (κ3) is 5.05. The van der Waals surface area contributed by atoms with Crippen LogP contribution in [0.5, 0.6) is 0 Å². The maximum Gasteiger partial charge on any atom is 0.396 e. The Morgan fingerprint density at radius 2 is 1.33 bits per heavy atom. The molecule has 0 aliphatic carbocycles. The van der Waals surface area contributed by atoms with E-state index in [0.717, 1.165) is 30.0 Å².